The molecule has 12 heteroatoms. The third kappa shape index (κ3) is 4.69. The average molecular weight is 552 g/mol. The highest BCUT2D eigenvalue weighted by Gasteiger charge is 2.34. The van der Waals surface area contributed by atoms with Gasteiger partial charge < -0.3 is 14.2 Å². The molecule has 3 aromatic heterocycles. The Balaban J connectivity index is 1.37. The lowest BCUT2D eigenvalue weighted by atomic mass is 10.0. The van der Waals surface area contributed by atoms with Crippen molar-refractivity contribution in [2.45, 2.75) is 19.4 Å². The molecular weight excluding hydrogens is 525 g/mol. The van der Waals surface area contributed by atoms with Crippen LogP contribution in [0.5, 0.6) is 0 Å². The Labute approximate surface area is 223 Å². The van der Waals surface area contributed by atoms with Gasteiger partial charge in [-0.2, -0.15) is 5.10 Å². The monoisotopic (exact) mass is 551 g/mol. The second-order valence-electron chi connectivity index (χ2n) is 9.91. The zero-order valence-corrected chi connectivity index (χ0v) is 22.0. The summed E-state index contributed by atoms with van der Waals surface area (Å²) in [6.07, 6.45) is 1.86. The highest BCUT2D eigenvalue weighted by molar-refractivity contribution is 7.91. The van der Waals surface area contributed by atoms with Crippen molar-refractivity contribution in [3.05, 3.63) is 71.6 Å². The van der Waals surface area contributed by atoms with Crippen LogP contribution < -0.4 is 0 Å². The molecule has 2 saturated heterocycles. The minimum absolute atomic E-state index is 0.0411. The summed E-state index contributed by atoms with van der Waals surface area (Å²) >= 11 is 0. The molecule has 2 fully saturated rings. The third-order valence-electron chi connectivity index (χ3n) is 7.35. The van der Waals surface area contributed by atoms with E-state index in [4.69, 9.17) is 9.40 Å². The highest BCUT2D eigenvalue weighted by Crippen LogP contribution is 2.33. The third-order valence-corrected chi connectivity index (χ3v) is 9.10. The Kier molecular flexibility index (Phi) is 6.21. The first kappa shape index (κ1) is 25.2. The highest BCUT2D eigenvalue weighted by atomic mass is 32.2. The number of hydrogen-bond acceptors (Lipinski definition) is 7. The molecule has 0 aliphatic carbocycles. The molecule has 0 N–H and O–H groups in total. The van der Waals surface area contributed by atoms with Gasteiger partial charge in [-0.3, -0.25) is 9.59 Å². The average Bonchev–Trinajstić information content (AvgIpc) is 3.67. The number of rotatable bonds is 4. The molecule has 39 heavy (non-hydrogen) atoms. The summed E-state index contributed by atoms with van der Waals surface area (Å²) in [5.74, 6) is -0.566. The molecule has 5 heterocycles. The summed E-state index contributed by atoms with van der Waals surface area (Å²) in [6, 6.07) is 10.4. The molecular formula is C27H26FN5O5S. The van der Waals surface area contributed by atoms with E-state index in [9.17, 15) is 22.4 Å². The van der Waals surface area contributed by atoms with Crippen LogP contribution in [0, 0.1) is 12.7 Å². The van der Waals surface area contributed by atoms with Gasteiger partial charge in [-0.15, -0.1) is 0 Å². The SMILES string of the molecule is Cc1nn(C2CCS(=O)(=O)C2)c2nc(-c3ccc(F)cc3)cc(C(=O)N3CCN(C(=O)c4ccco4)CC3)c12. The van der Waals surface area contributed by atoms with Gasteiger partial charge in [0.15, 0.2) is 21.2 Å². The van der Waals surface area contributed by atoms with Crippen LogP contribution in [0.25, 0.3) is 22.3 Å². The van der Waals surface area contributed by atoms with Crippen LogP contribution in [0.2, 0.25) is 0 Å². The minimum atomic E-state index is -3.19. The van der Waals surface area contributed by atoms with Gasteiger partial charge in [0, 0.05) is 31.7 Å². The summed E-state index contributed by atoms with van der Waals surface area (Å²) < 4.78 is 44.9. The van der Waals surface area contributed by atoms with E-state index in [1.54, 1.807) is 51.7 Å². The maximum Gasteiger partial charge on any atom is 0.289 e. The van der Waals surface area contributed by atoms with Crippen LogP contribution >= 0.6 is 0 Å². The second kappa shape index (κ2) is 9.60. The molecule has 0 saturated carbocycles. The number of amides is 2. The number of halogens is 1. The number of nitrogens with zero attached hydrogens (tertiary/aromatic N) is 5. The van der Waals surface area contributed by atoms with Crippen molar-refractivity contribution in [1.82, 2.24) is 24.6 Å². The predicted molar refractivity (Wildman–Crippen MR) is 140 cm³/mol. The Morgan fingerprint density at radius 2 is 1.72 bits per heavy atom. The summed E-state index contributed by atoms with van der Waals surface area (Å²) in [6.45, 7) is 3.13. The normalized spacial score (nSPS) is 19.1. The number of aromatic nitrogens is 3. The smallest absolute Gasteiger partial charge is 0.289 e. The van der Waals surface area contributed by atoms with Gasteiger partial charge in [-0.25, -0.2) is 22.5 Å². The number of piperazine rings is 1. The Hall–Kier alpha value is -4.06. The minimum Gasteiger partial charge on any atom is -0.459 e. The topological polar surface area (TPSA) is 119 Å². The van der Waals surface area contributed by atoms with Gasteiger partial charge in [0.05, 0.1) is 46.1 Å². The van der Waals surface area contributed by atoms with Gasteiger partial charge in [0.1, 0.15) is 5.82 Å². The molecule has 2 aliphatic rings. The van der Waals surface area contributed by atoms with Gasteiger partial charge in [-0.1, -0.05) is 0 Å². The summed E-state index contributed by atoms with van der Waals surface area (Å²) in [5.41, 5.74) is 2.45. The van der Waals surface area contributed by atoms with Gasteiger partial charge in [0.25, 0.3) is 11.8 Å². The summed E-state index contributed by atoms with van der Waals surface area (Å²) in [4.78, 5) is 34.7. The van der Waals surface area contributed by atoms with E-state index in [1.165, 1.54) is 18.4 Å². The lowest BCUT2D eigenvalue weighted by Gasteiger charge is -2.34. The number of carbonyl (C=O) groups is 2. The number of sulfone groups is 1. The van der Waals surface area contributed by atoms with Crippen LogP contribution in [0.4, 0.5) is 4.39 Å². The number of furan rings is 1. The lowest BCUT2D eigenvalue weighted by Crippen LogP contribution is -2.50. The van der Waals surface area contributed by atoms with Crippen molar-refractivity contribution < 1.29 is 26.8 Å². The van der Waals surface area contributed by atoms with E-state index in [0.717, 1.165) is 0 Å². The number of carbonyl (C=O) groups excluding carboxylic acids is 2. The molecule has 0 spiro atoms. The molecule has 6 rings (SSSR count). The zero-order chi connectivity index (χ0) is 27.3. The molecule has 4 aromatic rings. The van der Waals surface area contributed by atoms with Crippen molar-refractivity contribution >= 4 is 32.7 Å². The fourth-order valence-electron chi connectivity index (χ4n) is 5.31. The fourth-order valence-corrected chi connectivity index (χ4v) is 7.00. The molecule has 0 radical (unpaired) electrons. The Morgan fingerprint density at radius 3 is 2.33 bits per heavy atom. The van der Waals surface area contributed by atoms with E-state index in [-0.39, 0.29) is 35.1 Å². The van der Waals surface area contributed by atoms with Gasteiger partial charge in [0.2, 0.25) is 0 Å². The Morgan fingerprint density at radius 1 is 1.03 bits per heavy atom. The summed E-state index contributed by atoms with van der Waals surface area (Å²) in [5, 5.41) is 5.19. The summed E-state index contributed by atoms with van der Waals surface area (Å²) in [7, 11) is -3.19. The first-order valence-corrected chi connectivity index (χ1v) is 14.5. The molecule has 0 bridgehead atoms. The van der Waals surface area contributed by atoms with Crippen molar-refractivity contribution in [2.75, 3.05) is 37.7 Å². The quantitative estimate of drug-likeness (QED) is 0.382. The molecule has 10 nitrogen and oxygen atoms in total. The maximum absolute atomic E-state index is 13.9. The van der Waals surface area contributed by atoms with E-state index in [2.05, 4.69) is 5.10 Å². The van der Waals surface area contributed by atoms with Gasteiger partial charge in [-0.05, 0) is 55.8 Å². The maximum atomic E-state index is 13.9. The van der Waals surface area contributed by atoms with Crippen molar-refractivity contribution in [3.63, 3.8) is 0 Å². The van der Waals surface area contributed by atoms with E-state index in [0.29, 0.717) is 66.1 Å². The molecule has 2 amide bonds. The fraction of sp³-hybridized carbons (Fsp3) is 0.333. The Bertz CT molecular complexity index is 1670. The largest absolute Gasteiger partial charge is 0.459 e. The number of pyridine rings is 1. The molecule has 1 atom stereocenters. The zero-order valence-electron chi connectivity index (χ0n) is 21.2. The van der Waals surface area contributed by atoms with E-state index >= 15 is 0 Å². The van der Waals surface area contributed by atoms with E-state index in [1.807, 2.05) is 0 Å². The van der Waals surface area contributed by atoms with Crippen molar-refractivity contribution in [2.24, 2.45) is 0 Å². The van der Waals surface area contributed by atoms with Crippen molar-refractivity contribution in [3.8, 4) is 11.3 Å². The van der Waals surface area contributed by atoms with Crippen LogP contribution in [0.1, 0.15) is 39.1 Å². The first-order chi connectivity index (χ1) is 18.7. The molecule has 1 unspecified atom stereocenters. The number of benzene rings is 1. The number of hydrogen-bond donors (Lipinski definition) is 0. The molecule has 202 valence electrons. The van der Waals surface area contributed by atoms with E-state index < -0.39 is 15.7 Å². The predicted octanol–water partition coefficient (Wildman–Crippen LogP) is 3.10. The lowest BCUT2D eigenvalue weighted by molar-refractivity contribution is 0.0519. The van der Waals surface area contributed by atoms with Crippen LogP contribution in [0.3, 0.4) is 0 Å². The van der Waals surface area contributed by atoms with Crippen LogP contribution in [-0.4, -0.2) is 82.5 Å². The van der Waals surface area contributed by atoms with Crippen molar-refractivity contribution in [1.29, 1.82) is 0 Å². The van der Waals surface area contributed by atoms with Crippen LogP contribution in [-0.2, 0) is 9.84 Å². The van der Waals surface area contributed by atoms with Gasteiger partial charge >= 0.3 is 0 Å². The van der Waals surface area contributed by atoms with Crippen LogP contribution in [0.15, 0.2) is 53.1 Å². The first-order valence-electron chi connectivity index (χ1n) is 12.7. The molecule has 2 aliphatic heterocycles. The number of aryl methyl sites for hydroxylation is 1. The second-order valence-corrected chi connectivity index (χ2v) is 12.1. The standard InChI is InChI=1S/C27H26FN5O5S/c1-17-24-21(26(34)31-9-11-32(12-10-31)27(35)23-3-2-13-38-23)15-22(18-4-6-19(28)7-5-18)29-25(24)33(30-17)20-8-14-39(36,37)16-20/h2-7,13,15,20H,8-12,14,16H2,1H3. The molecule has 1 aromatic carbocycles. The number of fused-ring (bicyclic) bond motifs is 1.